The topological polar surface area (TPSA) is 66.3 Å². The van der Waals surface area contributed by atoms with Crippen molar-refractivity contribution in [3.63, 3.8) is 0 Å². The Hall–Kier alpha value is -3.26. The smallest absolute Gasteiger partial charge is 0.255 e. The summed E-state index contributed by atoms with van der Waals surface area (Å²) in [6.07, 6.45) is 2.63. The molecule has 0 saturated carbocycles. The van der Waals surface area contributed by atoms with E-state index in [1.165, 1.54) is 28.5 Å². The lowest BCUT2D eigenvalue weighted by atomic mass is 10.0. The van der Waals surface area contributed by atoms with Gasteiger partial charge in [-0.1, -0.05) is 12.1 Å². The molecule has 1 N–H and O–H groups in total. The highest BCUT2D eigenvalue weighted by atomic mass is 19.1. The average molecular weight is 408 g/mol. The summed E-state index contributed by atoms with van der Waals surface area (Å²) in [6, 6.07) is 11.4. The van der Waals surface area contributed by atoms with Gasteiger partial charge >= 0.3 is 0 Å². The molecule has 0 aliphatic carbocycles. The minimum atomic E-state index is -0.497. The highest BCUT2D eigenvalue weighted by Gasteiger charge is 2.24. The Labute approximate surface area is 174 Å². The van der Waals surface area contributed by atoms with E-state index in [-0.39, 0.29) is 17.2 Å². The predicted molar refractivity (Wildman–Crippen MR) is 116 cm³/mol. The van der Waals surface area contributed by atoms with Gasteiger partial charge in [0.15, 0.2) is 5.82 Å². The lowest BCUT2D eigenvalue weighted by Gasteiger charge is -2.35. The number of piperazine rings is 1. The Kier molecular flexibility index (Phi) is 5.50. The third-order valence-electron chi connectivity index (χ3n) is 5.43. The molecule has 4 rings (SSSR count). The van der Waals surface area contributed by atoms with Crippen molar-refractivity contribution >= 4 is 11.6 Å². The number of hydrogen-bond donors (Lipinski definition) is 1. The van der Waals surface area contributed by atoms with E-state index < -0.39 is 5.82 Å². The second kappa shape index (κ2) is 8.23. The van der Waals surface area contributed by atoms with Crippen molar-refractivity contribution in [2.45, 2.75) is 6.04 Å². The number of halogens is 1. The first-order valence-corrected chi connectivity index (χ1v) is 9.87. The standard InChI is InChI=1S/C22H25FN6O/c1-27(2)16-6-4-15(5-7-16)20-14-29(11-10-25-20)22-26-19(12-21(30)28(22)3)17-8-9-24-13-18(17)23/h4-9,12-13,20,25H,10-11,14H2,1-3H3/t20-/m1/s1. The van der Waals surface area contributed by atoms with Gasteiger partial charge in [-0.3, -0.25) is 14.3 Å². The molecule has 0 unspecified atom stereocenters. The highest BCUT2D eigenvalue weighted by Crippen LogP contribution is 2.25. The number of anilines is 2. The molecule has 0 amide bonds. The van der Waals surface area contributed by atoms with Gasteiger partial charge in [-0.2, -0.15) is 0 Å². The molecule has 0 radical (unpaired) electrons. The van der Waals surface area contributed by atoms with Crippen LogP contribution in [0, 0.1) is 5.82 Å². The van der Waals surface area contributed by atoms with E-state index in [0.717, 1.165) is 18.4 Å². The molecule has 1 fully saturated rings. The van der Waals surface area contributed by atoms with Crippen LogP contribution in [0.5, 0.6) is 0 Å². The van der Waals surface area contributed by atoms with Crippen LogP contribution < -0.4 is 20.7 Å². The van der Waals surface area contributed by atoms with Crippen molar-refractivity contribution in [1.29, 1.82) is 0 Å². The lowest BCUT2D eigenvalue weighted by Crippen LogP contribution is -2.47. The molecule has 8 heteroatoms. The van der Waals surface area contributed by atoms with Crippen molar-refractivity contribution in [2.24, 2.45) is 7.05 Å². The van der Waals surface area contributed by atoms with Crippen molar-refractivity contribution in [2.75, 3.05) is 43.5 Å². The van der Waals surface area contributed by atoms with E-state index in [4.69, 9.17) is 0 Å². The predicted octanol–water partition coefficient (Wildman–Crippen LogP) is 2.20. The van der Waals surface area contributed by atoms with E-state index in [2.05, 4.69) is 49.4 Å². The zero-order valence-corrected chi connectivity index (χ0v) is 17.3. The molecule has 2 aromatic heterocycles. The molecule has 1 aromatic carbocycles. The van der Waals surface area contributed by atoms with Gasteiger partial charge in [0, 0.05) is 70.3 Å². The quantitative estimate of drug-likeness (QED) is 0.714. The lowest BCUT2D eigenvalue weighted by molar-refractivity contribution is 0.462. The van der Waals surface area contributed by atoms with Crippen LogP contribution in [0.15, 0.2) is 53.6 Å². The van der Waals surface area contributed by atoms with Gasteiger partial charge in [-0.15, -0.1) is 0 Å². The van der Waals surface area contributed by atoms with E-state index in [0.29, 0.717) is 24.7 Å². The molecule has 7 nitrogen and oxygen atoms in total. The molecule has 1 atom stereocenters. The fourth-order valence-electron chi connectivity index (χ4n) is 3.69. The summed E-state index contributed by atoms with van der Waals surface area (Å²) in [5, 5.41) is 3.53. The summed E-state index contributed by atoms with van der Waals surface area (Å²) in [5.74, 6) is 0.0356. The molecule has 1 saturated heterocycles. The molecule has 1 aliphatic rings. The maximum absolute atomic E-state index is 14.2. The van der Waals surface area contributed by atoms with E-state index >= 15 is 0 Å². The molecule has 156 valence electrons. The normalized spacial score (nSPS) is 16.5. The number of aromatic nitrogens is 3. The molecule has 0 spiro atoms. The van der Waals surface area contributed by atoms with Crippen molar-refractivity contribution in [1.82, 2.24) is 19.9 Å². The number of pyridine rings is 1. The Bertz CT molecular complexity index is 1100. The van der Waals surface area contributed by atoms with Crippen molar-refractivity contribution in [3.8, 4) is 11.3 Å². The first-order valence-electron chi connectivity index (χ1n) is 9.87. The Morgan fingerprint density at radius 1 is 1.20 bits per heavy atom. The number of hydrogen-bond acceptors (Lipinski definition) is 6. The Morgan fingerprint density at radius 2 is 1.97 bits per heavy atom. The van der Waals surface area contributed by atoms with Gasteiger partial charge in [0.2, 0.25) is 5.95 Å². The number of benzene rings is 1. The van der Waals surface area contributed by atoms with Gasteiger partial charge in [-0.25, -0.2) is 9.37 Å². The van der Waals surface area contributed by atoms with Gasteiger partial charge in [0.1, 0.15) is 0 Å². The van der Waals surface area contributed by atoms with E-state index in [1.807, 2.05) is 14.1 Å². The van der Waals surface area contributed by atoms with E-state index in [9.17, 15) is 9.18 Å². The third kappa shape index (κ3) is 3.91. The maximum Gasteiger partial charge on any atom is 0.255 e. The minimum Gasteiger partial charge on any atom is -0.378 e. The van der Waals surface area contributed by atoms with Crippen LogP contribution in [0.4, 0.5) is 16.0 Å². The Morgan fingerprint density at radius 3 is 2.67 bits per heavy atom. The first kappa shape index (κ1) is 20.0. The Balaban J connectivity index is 1.65. The van der Waals surface area contributed by atoms with Crippen LogP contribution in [0.1, 0.15) is 11.6 Å². The third-order valence-corrected chi connectivity index (χ3v) is 5.43. The molecular weight excluding hydrogens is 383 g/mol. The number of rotatable bonds is 4. The summed E-state index contributed by atoms with van der Waals surface area (Å²) in [6.45, 7) is 2.11. The van der Waals surface area contributed by atoms with Crippen molar-refractivity contribution < 1.29 is 4.39 Å². The number of nitrogens with zero attached hydrogens (tertiary/aromatic N) is 5. The van der Waals surface area contributed by atoms with Gasteiger partial charge in [0.25, 0.3) is 5.56 Å². The largest absolute Gasteiger partial charge is 0.378 e. The maximum atomic E-state index is 14.2. The molecule has 0 bridgehead atoms. The van der Waals surface area contributed by atoms with Crippen LogP contribution in [0.2, 0.25) is 0 Å². The number of nitrogens with one attached hydrogen (secondary N) is 1. The molecule has 1 aliphatic heterocycles. The summed E-state index contributed by atoms with van der Waals surface area (Å²) < 4.78 is 15.7. The van der Waals surface area contributed by atoms with Crippen LogP contribution in [0.25, 0.3) is 11.3 Å². The second-order valence-corrected chi connectivity index (χ2v) is 7.63. The monoisotopic (exact) mass is 408 g/mol. The van der Waals surface area contributed by atoms with Gasteiger partial charge in [0.05, 0.1) is 11.9 Å². The molecule has 30 heavy (non-hydrogen) atoms. The summed E-state index contributed by atoms with van der Waals surface area (Å²) in [7, 11) is 5.72. The van der Waals surface area contributed by atoms with Crippen LogP contribution in [0.3, 0.4) is 0 Å². The molecule has 3 aromatic rings. The van der Waals surface area contributed by atoms with E-state index in [1.54, 1.807) is 7.05 Å². The fraction of sp³-hybridized carbons (Fsp3) is 0.318. The first-order chi connectivity index (χ1) is 14.4. The highest BCUT2D eigenvalue weighted by molar-refractivity contribution is 5.60. The second-order valence-electron chi connectivity index (χ2n) is 7.63. The minimum absolute atomic E-state index is 0.105. The molecule has 3 heterocycles. The van der Waals surface area contributed by atoms with Gasteiger partial charge in [-0.05, 0) is 23.8 Å². The SMILES string of the molecule is CN(C)c1ccc([C@H]2CN(c3nc(-c4ccncc4F)cc(=O)n3C)CCN2)cc1. The summed E-state index contributed by atoms with van der Waals surface area (Å²) >= 11 is 0. The summed E-state index contributed by atoms with van der Waals surface area (Å²) in [5.41, 5.74) is 2.68. The van der Waals surface area contributed by atoms with Crippen molar-refractivity contribution in [3.05, 3.63) is 70.5 Å². The summed E-state index contributed by atoms with van der Waals surface area (Å²) in [4.78, 5) is 25.1. The van der Waals surface area contributed by atoms with Crippen LogP contribution in [-0.2, 0) is 7.05 Å². The zero-order valence-electron chi connectivity index (χ0n) is 17.3. The molecular formula is C22H25FN6O. The zero-order chi connectivity index (χ0) is 21.3. The van der Waals surface area contributed by atoms with Crippen LogP contribution in [-0.4, -0.2) is 48.3 Å². The van der Waals surface area contributed by atoms with Crippen LogP contribution >= 0.6 is 0 Å². The fourth-order valence-corrected chi connectivity index (χ4v) is 3.69. The van der Waals surface area contributed by atoms with Gasteiger partial charge < -0.3 is 15.1 Å². The average Bonchev–Trinajstić information content (AvgIpc) is 2.76.